The summed E-state index contributed by atoms with van der Waals surface area (Å²) in [6, 6.07) is 5.59. The van der Waals surface area contributed by atoms with E-state index in [0.29, 0.717) is 0 Å². The summed E-state index contributed by atoms with van der Waals surface area (Å²) in [6.07, 6.45) is 0. The van der Waals surface area contributed by atoms with Crippen LogP contribution in [0.15, 0.2) is 24.3 Å². The van der Waals surface area contributed by atoms with Crippen LogP contribution in [-0.2, 0) is 0 Å². The van der Waals surface area contributed by atoms with Crippen LogP contribution in [0.5, 0.6) is 0 Å². The van der Waals surface area contributed by atoms with Crippen LogP contribution in [0.25, 0.3) is 5.69 Å². The molecule has 0 amide bonds. The average molecular weight is 234 g/mol. The van der Waals surface area contributed by atoms with E-state index in [1.165, 1.54) is 16.8 Å². The summed E-state index contributed by atoms with van der Waals surface area (Å²) in [7, 11) is 0. The molecule has 1 N–H and O–H groups in total. The standard InChI is InChI=1S/C12H11FN2O2/c1-7-5-8(2)15(14-7)11-4-3-9(12(16)17)6-10(11)13/h3-6H,1-2H3,(H,16,17). The lowest BCUT2D eigenvalue weighted by molar-refractivity contribution is 0.0696. The number of nitrogens with zero attached hydrogens (tertiary/aromatic N) is 2. The molecule has 0 bridgehead atoms. The molecule has 0 fully saturated rings. The van der Waals surface area contributed by atoms with Gasteiger partial charge in [-0.3, -0.25) is 0 Å². The van der Waals surface area contributed by atoms with E-state index in [0.717, 1.165) is 17.5 Å². The molecule has 5 heteroatoms. The summed E-state index contributed by atoms with van der Waals surface area (Å²) in [4.78, 5) is 10.7. The summed E-state index contributed by atoms with van der Waals surface area (Å²) in [5, 5.41) is 12.9. The third kappa shape index (κ3) is 2.04. The highest BCUT2D eigenvalue weighted by Crippen LogP contribution is 2.17. The fraction of sp³-hybridized carbons (Fsp3) is 0.167. The summed E-state index contributed by atoms with van der Waals surface area (Å²) in [6.45, 7) is 3.62. The molecule has 1 aromatic carbocycles. The Hall–Kier alpha value is -2.17. The van der Waals surface area contributed by atoms with Crippen LogP contribution in [0.3, 0.4) is 0 Å². The quantitative estimate of drug-likeness (QED) is 0.867. The van der Waals surface area contributed by atoms with Crippen LogP contribution in [0.1, 0.15) is 21.7 Å². The zero-order valence-electron chi connectivity index (χ0n) is 9.44. The van der Waals surface area contributed by atoms with E-state index in [1.54, 1.807) is 0 Å². The first-order valence-corrected chi connectivity index (χ1v) is 5.05. The molecule has 0 saturated heterocycles. The normalized spacial score (nSPS) is 10.5. The zero-order valence-corrected chi connectivity index (χ0v) is 9.44. The average Bonchev–Trinajstić information content (AvgIpc) is 2.57. The molecule has 2 rings (SSSR count). The molecule has 2 aromatic rings. The van der Waals surface area contributed by atoms with Gasteiger partial charge in [-0.05, 0) is 38.1 Å². The lowest BCUT2D eigenvalue weighted by atomic mass is 10.2. The third-order valence-corrected chi connectivity index (χ3v) is 2.43. The van der Waals surface area contributed by atoms with Gasteiger partial charge in [-0.2, -0.15) is 5.10 Å². The van der Waals surface area contributed by atoms with E-state index in [-0.39, 0.29) is 11.3 Å². The first-order chi connectivity index (χ1) is 7.99. The predicted molar refractivity (Wildman–Crippen MR) is 60.0 cm³/mol. The van der Waals surface area contributed by atoms with Crippen LogP contribution in [0, 0.1) is 19.7 Å². The lowest BCUT2D eigenvalue weighted by Gasteiger charge is -2.06. The number of aryl methyl sites for hydroxylation is 2. The Bertz CT molecular complexity index is 590. The first kappa shape index (κ1) is 11.3. The van der Waals surface area contributed by atoms with Crippen molar-refractivity contribution < 1.29 is 14.3 Å². The molecule has 17 heavy (non-hydrogen) atoms. The predicted octanol–water partition coefficient (Wildman–Crippen LogP) is 2.33. The van der Waals surface area contributed by atoms with Gasteiger partial charge < -0.3 is 5.11 Å². The minimum Gasteiger partial charge on any atom is -0.478 e. The Balaban J connectivity index is 2.54. The third-order valence-electron chi connectivity index (χ3n) is 2.43. The second-order valence-corrected chi connectivity index (χ2v) is 3.81. The van der Waals surface area contributed by atoms with Gasteiger partial charge in [0.1, 0.15) is 11.5 Å². The van der Waals surface area contributed by atoms with Gasteiger partial charge in [-0.25, -0.2) is 13.9 Å². The van der Waals surface area contributed by atoms with Gasteiger partial charge in [0, 0.05) is 5.69 Å². The van der Waals surface area contributed by atoms with Crippen LogP contribution in [0.2, 0.25) is 0 Å². The molecule has 88 valence electrons. The SMILES string of the molecule is Cc1cc(C)n(-c2ccc(C(=O)O)cc2F)n1. The van der Waals surface area contributed by atoms with Gasteiger partial charge in [0.25, 0.3) is 0 Å². The van der Waals surface area contributed by atoms with Crippen LogP contribution in [-0.4, -0.2) is 20.9 Å². The van der Waals surface area contributed by atoms with E-state index >= 15 is 0 Å². The topological polar surface area (TPSA) is 55.1 Å². The minimum atomic E-state index is -1.15. The maximum atomic E-state index is 13.8. The molecule has 0 unspecified atom stereocenters. The number of carbonyl (C=O) groups is 1. The number of halogens is 1. The second kappa shape index (κ2) is 4.01. The molecule has 1 heterocycles. The van der Waals surface area contributed by atoms with Gasteiger partial charge in [0.15, 0.2) is 0 Å². The molecule has 0 saturated carbocycles. The Labute approximate surface area is 97.3 Å². The summed E-state index contributed by atoms with van der Waals surface area (Å²) in [5.41, 5.74) is 1.75. The number of aromatic nitrogens is 2. The lowest BCUT2D eigenvalue weighted by Crippen LogP contribution is -2.04. The van der Waals surface area contributed by atoms with E-state index in [4.69, 9.17) is 5.11 Å². The Morgan fingerprint density at radius 2 is 2.06 bits per heavy atom. The van der Waals surface area contributed by atoms with Gasteiger partial charge in [0.05, 0.1) is 11.3 Å². The number of carboxylic acids is 1. The Kier molecular flexibility index (Phi) is 2.67. The number of aromatic carboxylic acids is 1. The molecule has 4 nitrogen and oxygen atoms in total. The van der Waals surface area contributed by atoms with Crippen molar-refractivity contribution in [1.29, 1.82) is 0 Å². The van der Waals surface area contributed by atoms with E-state index in [9.17, 15) is 9.18 Å². The van der Waals surface area contributed by atoms with Crippen molar-refractivity contribution in [2.24, 2.45) is 0 Å². The minimum absolute atomic E-state index is 0.0761. The summed E-state index contributed by atoms with van der Waals surface area (Å²) >= 11 is 0. The Morgan fingerprint density at radius 3 is 2.53 bits per heavy atom. The van der Waals surface area contributed by atoms with Crippen molar-refractivity contribution in [3.63, 3.8) is 0 Å². The maximum Gasteiger partial charge on any atom is 0.335 e. The van der Waals surface area contributed by atoms with Gasteiger partial charge in [0.2, 0.25) is 0 Å². The highest BCUT2D eigenvalue weighted by atomic mass is 19.1. The molecule has 0 spiro atoms. The van der Waals surface area contributed by atoms with Crippen LogP contribution in [0.4, 0.5) is 4.39 Å². The monoisotopic (exact) mass is 234 g/mol. The summed E-state index contributed by atoms with van der Waals surface area (Å²) in [5.74, 6) is -1.75. The molecular formula is C12H11FN2O2. The number of carboxylic acid groups (broad SMARTS) is 1. The fourth-order valence-electron chi connectivity index (χ4n) is 1.68. The molecular weight excluding hydrogens is 223 g/mol. The van der Waals surface area contributed by atoms with Crippen LogP contribution < -0.4 is 0 Å². The first-order valence-electron chi connectivity index (χ1n) is 5.05. The largest absolute Gasteiger partial charge is 0.478 e. The molecule has 0 radical (unpaired) electrons. The molecule has 0 aliphatic rings. The molecule has 0 aliphatic carbocycles. The number of hydrogen-bond donors (Lipinski definition) is 1. The molecule has 0 atom stereocenters. The van der Waals surface area contributed by atoms with E-state index in [1.807, 2.05) is 19.9 Å². The number of rotatable bonds is 2. The number of hydrogen-bond acceptors (Lipinski definition) is 2. The highest BCUT2D eigenvalue weighted by Gasteiger charge is 2.12. The molecule has 1 aromatic heterocycles. The van der Waals surface area contributed by atoms with Gasteiger partial charge >= 0.3 is 5.97 Å². The number of benzene rings is 1. The van der Waals surface area contributed by atoms with Crippen molar-refractivity contribution in [3.05, 3.63) is 47.0 Å². The van der Waals surface area contributed by atoms with Crippen molar-refractivity contribution in [2.75, 3.05) is 0 Å². The second-order valence-electron chi connectivity index (χ2n) is 3.81. The van der Waals surface area contributed by atoms with Gasteiger partial charge in [-0.1, -0.05) is 0 Å². The highest BCUT2D eigenvalue weighted by molar-refractivity contribution is 5.87. The van der Waals surface area contributed by atoms with Crippen LogP contribution >= 0.6 is 0 Å². The Morgan fingerprint density at radius 1 is 1.35 bits per heavy atom. The fourth-order valence-corrected chi connectivity index (χ4v) is 1.68. The van der Waals surface area contributed by atoms with Crippen molar-refractivity contribution >= 4 is 5.97 Å². The maximum absolute atomic E-state index is 13.8. The van der Waals surface area contributed by atoms with E-state index < -0.39 is 11.8 Å². The van der Waals surface area contributed by atoms with Crippen molar-refractivity contribution in [2.45, 2.75) is 13.8 Å². The molecule has 0 aliphatic heterocycles. The van der Waals surface area contributed by atoms with Gasteiger partial charge in [-0.15, -0.1) is 0 Å². The summed E-state index contributed by atoms with van der Waals surface area (Å²) < 4.78 is 15.2. The van der Waals surface area contributed by atoms with E-state index in [2.05, 4.69) is 5.10 Å². The van der Waals surface area contributed by atoms with Crippen molar-refractivity contribution in [3.8, 4) is 5.69 Å². The zero-order chi connectivity index (χ0) is 12.6. The van der Waals surface area contributed by atoms with Crippen molar-refractivity contribution in [1.82, 2.24) is 9.78 Å². The smallest absolute Gasteiger partial charge is 0.335 e.